The molecule has 0 fully saturated rings. The van der Waals surface area contributed by atoms with Gasteiger partial charge in [-0.1, -0.05) is 18.2 Å². The fourth-order valence-corrected chi connectivity index (χ4v) is 3.71. The summed E-state index contributed by atoms with van der Waals surface area (Å²) < 4.78 is 29.4. The first-order valence-corrected chi connectivity index (χ1v) is 8.26. The molecule has 0 spiro atoms. The number of nitrogens with one attached hydrogen (secondary N) is 1. The van der Waals surface area contributed by atoms with E-state index >= 15 is 0 Å². The molecule has 0 bridgehead atoms. The van der Waals surface area contributed by atoms with Crippen LogP contribution in [0.3, 0.4) is 0 Å². The Balaban J connectivity index is 2.34. The van der Waals surface area contributed by atoms with E-state index in [1.165, 1.54) is 0 Å². The molecule has 0 unspecified atom stereocenters. The molecule has 7 heteroatoms. The number of hydrogen-bond donors (Lipinski definition) is 2. The zero-order valence-electron chi connectivity index (χ0n) is 12.2. The molecule has 0 aliphatic heterocycles. The summed E-state index contributed by atoms with van der Waals surface area (Å²) in [5.41, 5.74) is 7.14. The molecule has 1 aromatic carbocycles. The fraction of sp³-hybridized carbons (Fsp3) is 0.357. The highest BCUT2D eigenvalue weighted by Crippen LogP contribution is 2.22. The van der Waals surface area contributed by atoms with Crippen LogP contribution in [0.2, 0.25) is 0 Å². The Morgan fingerprint density at radius 3 is 2.52 bits per heavy atom. The Bertz CT molecular complexity index is 708. The third kappa shape index (κ3) is 3.43. The zero-order valence-corrected chi connectivity index (χ0v) is 13.0. The van der Waals surface area contributed by atoms with Gasteiger partial charge in [-0.15, -0.1) is 0 Å². The van der Waals surface area contributed by atoms with Gasteiger partial charge in [0.2, 0.25) is 0 Å². The first kappa shape index (κ1) is 15.5. The summed E-state index contributed by atoms with van der Waals surface area (Å²) in [6, 6.07) is 8.81. The van der Waals surface area contributed by atoms with E-state index in [0.29, 0.717) is 30.2 Å². The van der Waals surface area contributed by atoms with Gasteiger partial charge in [-0.2, -0.15) is 5.10 Å². The van der Waals surface area contributed by atoms with E-state index in [4.69, 9.17) is 5.73 Å². The Hall–Kier alpha value is -1.86. The van der Waals surface area contributed by atoms with Crippen molar-refractivity contribution in [1.82, 2.24) is 9.78 Å². The van der Waals surface area contributed by atoms with Crippen molar-refractivity contribution in [2.75, 3.05) is 11.3 Å². The van der Waals surface area contributed by atoms with Crippen LogP contribution in [0.4, 0.5) is 5.69 Å². The van der Waals surface area contributed by atoms with E-state index < -0.39 is 10.0 Å². The Kier molecular flexibility index (Phi) is 4.64. The summed E-state index contributed by atoms with van der Waals surface area (Å²) in [5, 5.41) is 4.30. The molecule has 0 aliphatic rings. The van der Waals surface area contributed by atoms with Crippen LogP contribution in [0.15, 0.2) is 35.2 Å². The maximum absolute atomic E-state index is 12.5. The predicted molar refractivity (Wildman–Crippen MR) is 82.6 cm³/mol. The maximum Gasteiger partial charge on any atom is 0.265 e. The Morgan fingerprint density at radius 2 is 1.90 bits per heavy atom. The lowest BCUT2D eigenvalue weighted by atomic mass is 10.3. The van der Waals surface area contributed by atoms with Crippen LogP contribution in [-0.2, 0) is 16.6 Å². The van der Waals surface area contributed by atoms with Crippen molar-refractivity contribution in [3.8, 4) is 0 Å². The minimum atomic E-state index is -3.64. The largest absolute Gasteiger partial charge is 0.330 e. The SMILES string of the molecule is Cc1nn(CCCN)c(C)c1S(=O)(=O)Nc1ccccc1. The average Bonchev–Trinajstić information content (AvgIpc) is 2.72. The van der Waals surface area contributed by atoms with E-state index in [2.05, 4.69) is 9.82 Å². The average molecular weight is 308 g/mol. The maximum atomic E-state index is 12.5. The number of benzene rings is 1. The minimum Gasteiger partial charge on any atom is -0.330 e. The fourth-order valence-electron chi connectivity index (χ4n) is 2.24. The van der Waals surface area contributed by atoms with Crippen LogP contribution in [0.1, 0.15) is 17.8 Å². The molecule has 0 radical (unpaired) electrons. The van der Waals surface area contributed by atoms with Gasteiger partial charge in [0.15, 0.2) is 0 Å². The number of sulfonamides is 1. The smallest absolute Gasteiger partial charge is 0.265 e. The second-order valence-corrected chi connectivity index (χ2v) is 6.46. The summed E-state index contributed by atoms with van der Waals surface area (Å²) >= 11 is 0. The lowest BCUT2D eigenvalue weighted by molar-refractivity contribution is 0.565. The molecule has 114 valence electrons. The third-order valence-electron chi connectivity index (χ3n) is 3.18. The molecule has 2 aromatic rings. The van der Waals surface area contributed by atoms with Crippen LogP contribution in [0, 0.1) is 13.8 Å². The first-order valence-electron chi connectivity index (χ1n) is 6.77. The molecule has 21 heavy (non-hydrogen) atoms. The number of para-hydroxylation sites is 1. The van der Waals surface area contributed by atoms with Gasteiger partial charge >= 0.3 is 0 Å². The van der Waals surface area contributed by atoms with Crippen molar-refractivity contribution in [1.29, 1.82) is 0 Å². The number of anilines is 1. The standard InChI is InChI=1S/C14H20N4O2S/c1-11-14(12(2)18(16-11)10-6-9-15)21(19,20)17-13-7-4-3-5-8-13/h3-5,7-8,17H,6,9-10,15H2,1-2H3. The third-order valence-corrected chi connectivity index (χ3v) is 4.82. The minimum absolute atomic E-state index is 0.239. The van der Waals surface area contributed by atoms with Gasteiger partial charge in [0.05, 0.1) is 11.4 Å². The molecule has 0 saturated carbocycles. The molecular formula is C14H20N4O2S. The second-order valence-electron chi connectivity index (χ2n) is 4.84. The Labute approximate surface area is 125 Å². The number of aromatic nitrogens is 2. The first-order chi connectivity index (χ1) is 9.95. The molecular weight excluding hydrogens is 288 g/mol. The lowest BCUT2D eigenvalue weighted by Gasteiger charge is -2.08. The summed E-state index contributed by atoms with van der Waals surface area (Å²) in [6.07, 6.45) is 0.758. The highest BCUT2D eigenvalue weighted by Gasteiger charge is 2.24. The van der Waals surface area contributed by atoms with Gasteiger partial charge < -0.3 is 5.73 Å². The van der Waals surface area contributed by atoms with Crippen LogP contribution >= 0.6 is 0 Å². The Morgan fingerprint density at radius 1 is 1.24 bits per heavy atom. The van der Waals surface area contributed by atoms with E-state index in [1.807, 2.05) is 6.07 Å². The number of hydrogen-bond acceptors (Lipinski definition) is 4. The van der Waals surface area contributed by atoms with E-state index in [9.17, 15) is 8.42 Å². The molecule has 0 saturated heterocycles. The van der Waals surface area contributed by atoms with Gasteiger partial charge in [-0.3, -0.25) is 9.40 Å². The summed E-state index contributed by atoms with van der Waals surface area (Å²) in [6.45, 7) is 4.62. The molecule has 0 aliphatic carbocycles. The zero-order chi connectivity index (χ0) is 15.5. The van der Waals surface area contributed by atoms with Gasteiger partial charge in [-0.05, 0) is 38.9 Å². The van der Waals surface area contributed by atoms with Crippen molar-refractivity contribution < 1.29 is 8.42 Å². The molecule has 2 rings (SSSR count). The summed E-state index contributed by atoms with van der Waals surface area (Å²) in [7, 11) is -3.64. The van der Waals surface area contributed by atoms with Crippen molar-refractivity contribution >= 4 is 15.7 Å². The van der Waals surface area contributed by atoms with Gasteiger partial charge in [0.25, 0.3) is 10.0 Å². The molecule has 3 N–H and O–H groups in total. The molecule has 6 nitrogen and oxygen atoms in total. The van der Waals surface area contributed by atoms with E-state index in [0.717, 1.165) is 6.42 Å². The van der Waals surface area contributed by atoms with Gasteiger partial charge in [-0.25, -0.2) is 8.42 Å². The molecule has 1 aromatic heterocycles. The van der Waals surface area contributed by atoms with Crippen LogP contribution in [0.25, 0.3) is 0 Å². The van der Waals surface area contributed by atoms with E-state index in [-0.39, 0.29) is 4.90 Å². The van der Waals surface area contributed by atoms with Crippen LogP contribution in [0.5, 0.6) is 0 Å². The summed E-state index contributed by atoms with van der Waals surface area (Å²) in [4.78, 5) is 0.239. The molecule has 0 atom stereocenters. The highest BCUT2D eigenvalue weighted by molar-refractivity contribution is 7.92. The number of aryl methyl sites for hydroxylation is 2. The summed E-state index contributed by atoms with van der Waals surface area (Å²) in [5.74, 6) is 0. The topological polar surface area (TPSA) is 90.0 Å². The molecule has 1 heterocycles. The number of rotatable bonds is 6. The second kappa shape index (κ2) is 6.28. The van der Waals surface area contributed by atoms with Gasteiger partial charge in [0, 0.05) is 12.2 Å². The van der Waals surface area contributed by atoms with Crippen molar-refractivity contribution in [3.63, 3.8) is 0 Å². The monoisotopic (exact) mass is 308 g/mol. The van der Waals surface area contributed by atoms with Crippen LogP contribution in [-0.4, -0.2) is 24.7 Å². The number of nitrogens with two attached hydrogens (primary N) is 1. The van der Waals surface area contributed by atoms with Gasteiger partial charge in [0.1, 0.15) is 4.90 Å². The molecule has 0 amide bonds. The van der Waals surface area contributed by atoms with Crippen molar-refractivity contribution in [2.45, 2.75) is 31.7 Å². The lowest BCUT2D eigenvalue weighted by Crippen LogP contribution is -2.15. The normalized spacial score (nSPS) is 11.6. The highest BCUT2D eigenvalue weighted by atomic mass is 32.2. The predicted octanol–water partition coefficient (Wildman–Crippen LogP) is 1.65. The van der Waals surface area contributed by atoms with Crippen LogP contribution < -0.4 is 10.5 Å². The van der Waals surface area contributed by atoms with Crippen molar-refractivity contribution in [3.05, 3.63) is 41.7 Å². The number of nitrogens with zero attached hydrogens (tertiary/aromatic N) is 2. The van der Waals surface area contributed by atoms with Crippen molar-refractivity contribution in [2.24, 2.45) is 5.73 Å². The van der Waals surface area contributed by atoms with E-state index in [1.54, 1.807) is 42.8 Å². The quantitative estimate of drug-likeness (QED) is 0.849.